The molecule has 0 radical (unpaired) electrons. The van der Waals surface area contributed by atoms with Crippen LogP contribution < -0.4 is 5.32 Å². The first kappa shape index (κ1) is 11.2. The highest BCUT2D eigenvalue weighted by Gasteiger charge is 2.03. The quantitative estimate of drug-likeness (QED) is 0.775. The predicted molar refractivity (Wildman–Crippen MR) is 60.2 cm³/mol. The summed E-state index contributed by atoms with van der Waals surface area (Å²) in [4.78, 5) is 4.38. The molecule has 14 heavy (non-hydrogen) atoms. The van der Waals surface area contributed by atoms with Gasteiger partial charge in [-0.3, -0.25) is 4.98 Å². The normalized spacial score (nSPS) is 10.9. The van der Waals surface area contributed by atoms with Crippen molar-refractivity contribution in [1.82, 2.24) is 10.3 Å². The van der Waals surface area contributed by atoms with Crippen molar-refractivity contribution in [2.75, 3.05) is 7.05 Å². The molecule has 0 aliphatic heterocycles. The number of aryl methyl sites for hydroxylation is 1. The molecular weight excluding hydrogens is 172 g/mol. The number of nitrogens with one attached hydrogen (secondary N) is 1. The van der Waals surface area contributed by atoms with Crippen molar-refractivity contribution < 1.29 is 0 Å². The molecule has 78 valence electrons. The lowest BCUT2D eigenvalue weighted by Crippen LogP contribution is -2.10. The van der Waals surface area contributed by atoms with Gasteiger partial charge in [0.25, 0.3) is 0 Å². The summed E-state index contributed by atoms with van der Waals surface area (Å²) >= 11 is 0. The van der Waals surface area contributed by atoms with Gasteiger partial charge in [0.1, 0.15) is 0 Å². The highest BCUT2D eigenvalue weighted by atomic mass is 14.8. The summed E-state index contributed by atoms with van der Waals surface area (Å²) in [5, 5.41) is 3.15. The zero-order valence-electron chi connectivity index (χ0n) is 9.38. The molecule has 0 saturated heterocycles. The first-order chi connectivity index (χ1) is 6.74. The molecule has 0 aliphatic carbocycles. The Morgan fingerprint density at radius 1 is 1.43 bits per heavy atom. The van der Waals surface area contributed by atoms with E-state index in [9.17, 15) is 0 Å². The fourth-order valence-electron chi connectivity index (χ4n) is 1.47. The molecule has 0 spiro atoms. The fraction of sp³-hybridized carbons (Fsp3) is 0.583. The van der Waals surface area contributed by atoms with Crippen molar-refractivity contribution in [1.29, 1.82) is 0 Å². The van der Waals surface area contributed by atoms with Crippen LogP contribution in [-0.2, 0) is 13.0 Å². The minimum atomic E-state index is 0.762. The second kappa shape index (κ2) is 5.76. The molecular formula is C12H20N2. The monoisotopic (exact) mass is 192 g/mol. The summed E-state index contributed by atoms with van der Waals surface area (Å²) in [6.45, 7) is 5.39. The molecule has 0 bridgehead atoms. The van der Waals surface area contributed by atoms with Gasteiger partial charge in [-0.25, -0.2) is 0 Å². The lowest BCUT2D eigenvalue weighted by Gasteiger charge is -2.09. The van der Waals surface area contributed by atoms with E-state index in [1.807, 2.05) is 19.3 Å². The maximum atomic E-state index is 4.38. The van der Waals surface area contributed by atoms with Gasteiger partial charge in [0, 0.05) is 12.7 Å². The van der Waals surface area contributed by atoms with E-state index < -0.39 is 0 Å². The molecule has 2 nitrogen and oxygen atoms in total. The van der Waals surface area contributed by atoms with E-state index in [4.69, 9.17) is 0 Å². The average Bonchev–Trinajstić information content (AvgIpc) is 2.17. The molecule has 0 amide bonds. The average molecular weight is 192 g/mol. The van der Waals surface area contributed by atoms with Gasteiger partial charge in [0.15, 0.2) is 0 Å². The summed E-state index contributed by atoms with van der Waals surface area (Å²) < 4.78 is 0. The van der Waals surface area contributed by atoms with Gasteiger partial charge < -0.3 is 5.32 Å². The smallest absolute Gasteiger partial charge is 0.0573 e. The van der Waals surface area contributed by atoms with E-state index in [2.05, 4.69) is 30.2 Å². The maximum Gasteiger partial charge on any atom is 0.0573 e. The van der Waals surface area contributed by atoms with Crippen LogP contribution in [0.4, 0.5) is 0 Å². The van der Waals surface area contributed by atoms with Crippen LogP contribution in [0.15, 0.2) is 18.3 Å². The van der Waals surface area contributed by atoms with Gasteiger partial charge >= 0.3 is 0 Å². The van der Waals surface area contributed by atoms with Gasteiger partial charge in [0.2, 0.25) is 0 Å². The Labute approximate surface area is 86.8 Å². The Morgan fingerprint density at radius 3 is 2.86 bits per heavy atom. The van der Waals surface area contributed by atoms with Gasteiger partial charge in [-0.2, -0.15) is 0 Å². The second-order valence-corrected chi connectivity index (χ2v) is 4.07. The van der Waals surface area contributed by atoms with Crippen molar-refractivity contribution in [3.8, 4) is 0 Å². The summed E-state index contributed by atoms with van der Waals surface area (Å²) in [5.41, 5.74) is 2.58. The zero-order chi connectivity index (χ0) is 10.4. The van der Waals surface area contributed by atoms with E-state index in [0.717, 1.165) is 18.9 Å². The van der Waals surface area contributed by atoms with E-state index in [0.29, 0.717) is 0 Å². The van der Waals surface area contributed by atoms with E-state index in [1.165, 1.54) is 17.7 Å². The summed E-state index contributed by atoms with van der Waals surface area (Å²) in [5.74, 6) is 0.762. The number of hydrogen-bond acceptors (Lipinski definition) is 2. The molecule has 0 fully saturated rings. The molecule has 2 heteroatoms. The molecule has 0 unspecified atom stereocenters. The molecule has 1 aromatic rings. The molecule has 0 atom stereocenters. The van der Waals surface area contributed by atoms with E-state index >= 15 is 0 Å². The Hall–Kier alpha value is -0.890. The van der Waals surface area contributed by atoms with Crippen molar-refractivity contribution in [3.05, 3.63) is 29.6 Å². The molecule has 1 rings (SSSR count). The molecule has 1 heterocycles. The van der Waals surface area contributed by atoms with Crippen molar-refractivity contribution in [2.24, 2.45) is 5.92 Å². The first-order valence-electron chi connectivity index (χ1n) is 5.31. The molecule has 1 aromatic heterocycles. The highest BCUT2D eigenvalue weighted by molar-refractivity contribution is 5.19. The Morgan fingerprint density at radius 2 is 2.21 bits per heavy atom. The predicted octanol–water partition coefficient (Wildman–Crippen LogP) is 2.39. The Kier molecular flexibility index (Phi) is 4.60. The fourth-order valence-corrected chi connectivity index (χ4v) is 1.47. The third-order valence-electron chi connectivity index (χ3n) is 2.32. The number of hydrogen-bond donors (Lipinski definition) is 1. The van der Waals surface area contributed by atoms with Gasteiger partial charge in [-0.1, -0.05) is 19.9 Å². The molecule has 0 aromatic carbocycles. The lowest BCUT2D eigenvalue weighted by molar-refractivity contribution is 0.582. The van der Waals surface area contributed by atoms with E-state index in [-0.39, 0.29) is 0 Å². The SMILES string of the molecule is CNCc1ncccc1CCC(C)C. The van der Waals surface area contributed by atoms with Crippen LogP contribution in [0.1, 0.15) is 31.5 Å². The minimum absolute atomic E-state index is 0.762. The minimum Gasteiger partial charge on any atom is -0.314 e. The standard InChI is InChI=1S/C12H20N2/c1-10(2)6-7-11-5-4-8-14-12(11)9-13-3/h4-5,8,10,13H,6-7,9H2,1-3H3. The first-order valence-corrected chi connectivity index (χ1v) is 5.31. The lowest BCUT2D eigenvalue weighted by atomic mass is 10.0. The third kappa shape index (κ3) is 3.46. The van der Waals surface area contributed by atoms with Crippen LogP contribution in [0.3, 0.4) is 0 Å². The second-order valence-electron chi connectivity index (χ2n) is 4.07. The topological polar surface area (TPSA) is 24.9 Å². The van der Waals surface area contributed by atoms with Crippen LogP contribution in [-0.4, -0.2) is 12.0 Å². The summed E-state index contributed by atoms with van der Waals surface area (Å²) in [6.07, 6.45) is 4.25. The number of aromatic nitrogens is 1. The zero-order valence-corrected chi connectivity index (χ0v) is 9.38. The van der Waals surface area contributed by atoms with Crippen molar-refractivity contribution in [2.45, 2.75) is 33.2 Å². The van der Waals surface area contributed by atoms with Crippen molar-refractivity contribution >= 4 is 0 Å². The van der Waals surface area contributed by atoms with Gasteiger partial charge in [0.05, 0.1) is 5.69 Å². The maximum absolute atomic E-state index is 4.38. The largest absolute Gasteiger partial charge is 0.314 e. The van der Waals surface area contributed by atoms with Crippen LogP contribution in [0.25, 0.3) is 0 Å². The summed E-state index contributed by atoms with van der Waals surface area (Å²) in [6, 6.07) is 4.21. The van der Waals surface area contributed by atoms with Crippen LogP contribution in [0.5, 0.6) is 0 Å². The van der Waals surface area contributed by atoms with Gasteiger partial charge in [-0.05, 0) is 37.4 Å². The number of pyridine rings is 1. The van der Waals surface area contributed by atoms with Crippen LogP contribution >= 0.6 is 0 Å². The summed E-state index contributed by atoms with van der Waals surface area (Å²) in [7, 11) is 1.96. The number of rotatable bonds is 5. The highest BCUT2D eigenvalue weighted by Crippen LogP contribution is 2.11. The Balaban J connectivity index is 2.64. The molecule has 0 aliphatic rings. The number of nitrogens with zero attached hydrogens (tertiary/aromatic N) is 1. The van der Waals surface area contributed by atoms with Gasteiger partial charge in [-0.15, -0.1) is 0 Å². The Bertz CT molecular complexity index is 269. The van der Waals surface area contributed by atoms with Crippen molar-refractivity contribution in [3.63, 3.8) is 0 Å². The molecule has 0 saturated carbocycles. The van der Waals surface area contributed by atoms with E-state index in [1.54, 1.807) is 0 Å². The third-order valence-corrected chi connectivity index (χ3v) is 2.32. The molecule has 1 N–H and O–H groups in total. The van der Waals surface area contributed by atoms with Crippen LogP contribution in [0, 0.1) is 5.92 Å². The van der Waals surface area contributed by atoms with Crippen LogP contribution in [0.2, 0.25) is 0 Å².